The minimum Gasteiger partial charge on any atom is -0.369 e. The Bertz CT molecular complexity index is 869. The molecule has 3 aromatic heterocycles. The first kappa shape index (κ1) is 16.1. The molecule has 3 aromatic rings. The third-order valence-corrected chi connectivity index (χ3v) is 4.38. The highest BCUT2D eigenvalue weighted by molar-refractivity contribution is 7.16. The van der Waals surface area contributed by atoms with E-state index in [1.165, 1.54) is 11.3 Å². The molecule has 3 heterocycles. The van der Waals surface area contributed by atoms with E-state index in [2.05, 4.69) is 25.6 Å². The molecule has 0 aliphatic rings. The number of thiazole rings is 1. The molecule has 8 heteroatoms. The number of pyridine rings is 1. The number of anilines is 2. The number of carbonyl (C=O) groups excluding carboxylic acids is 1. The number of aryl methyl sites for hydroxylation is 3. The molecule has 0 aliphatic heterocycles. The maximum atomic E-state index is 12.5. The van der Waals surface area contributed by atoms with E-state index in [0.717, 1.165) is 21.4 Å². The van der Waals surface area contributed by atoms with Gasteiger partial charge in [0.25, 0.3) is 5.91 Å². The molecule has 3 rings (SSSR count). The smallest absolute Gasteiger partial charge is 0.277 e. The van der Waals surface area contributed by atoms with E-state index >= 15 is 0 Å². The summed E-state index contributed by atoms with van der Waals surface area (Å²) in [7, 11) is 1.93. The molecule has 7 nitrogen and oxygen atoms in total. The number of aromatic nitrogens is 4. The van der Waals surface area contributed by atoms with Crippen molar-refractivity contribution in [2.75, 3.05) is 10.6 Å². The van der Waals surface area contributed by atoms with Crippen LogP contribution in [0, 0.1) is 13.8 Å². The molecule has 124 valence electrons. The second-order valence-electron chi connectivity index (χ2n) is 5.40. The quantitative estimate of drug-likeness (QED) is 0.745. The molecule has 0 aromatic carbocycles. The van der Waals surface area contributed by atoms with Gasteiger partial charge in [-0.25, -0.2) is 9.97 Å². The standard InChI is InChI=1S/C16H18N6OS/c1-10-6-12(4-5-18-10)21-15(23)14-16(24-11(2)20-14)19-8-13-7-17-9-22(13)3/h4-7,9,19H,8H2,1-3H3,(H,18,21,23). The maximum absolute atomic E-state index is 12.5. The molecule has 0 unspecified atom stereocenters. The van der Waals surface area contributed by atoms with Gasteiger partial charge in [0, 0.05) is 30.8 Å². The lowest BCUT2D eigenvalue weighted by atomic mass is 10.3. The Kier molecular flexibility index (Phi) is 4.57. The number of nitrogens with zero attached hydrogens (tertiary/aromatic N) is 4. The molecule has 0 fully saturated rings. The van der Waals surface area contributed by atoms with E-state index in [-0.39, 0.29) is 5.91 Å². The first-order valence-electron chi connectivity index (χ1n) is 7.43. The van der Waals surface area contributed by atoms with Crippen LogP contribution in [0.25, 0.3) is 0 Å². The van der Waals surface area contributed by atoms with E-state index in [9.17, 15) is 4.79 Å². The molecule has 1 amide bonds. The minimum absolute atomic E-state index is 0.238. The second kappa shape index (κ2) is 6.79. The maximum Gasteiger partial charge on any atom is 0.277 e. The Morgan fingerprint density at radius 2 is 2.21 bits per heavy atom. The summed E-state index contributed by atoms with van der Waals surface area (Å²) < 4.78 is 1.93. The molecule has 0 spiro atoms. The summed E-state index contributed by atoms with van der Waals surface area (Å²) in [6.07, 6.45) is 5.20. The van der Waals surface area contributed by atoms with Gasteiger partial charge in [-0.2, -0.15) is 0 Å². The van der Waals surface area contributed by atoms with Crippen LogP contribution in [0.4, 0.5) is 10.7 Å². The third-order valence-electron chi connectivity index (χ3n) is 3.45. The molecule has 0 radical (unpaired) electrons. The summed E-state index contributed by atoms with van der Waals surface area (Å²) >= 11 is 1.46. The summed E-state index contributed by atoms with van der Waals surface area (Å²) in [5, 5.41) is 7.72. The predicted molar refractivity (Wildman–Crippen MR) is 94.3 cm³/mol. The zero-order valence-corrected chi connectivity index (χ0v) is 14.5. The fourth-order valence-electron chi connectivity index (χ4n) is 2.24. The van der Waals surface area contributed by atoms with Crippen molar-refractivity contribution >= 4 is 27.9 Å². The highest BCUT2D eigenvalue weighted by Crippen LogP contribution is 2.25. The van der Waals surface area contributed by atoms with E-state index < -0.39 is 0 Å². The average molecular weight is 342 g/mol. The van der Waals surface area contributed by atoms with Gasteiger partial charge in [-0.1, -0.05) is 0 Å². The number of imidazole rings is 1. The highest BCUT2D eigenvalue weighted by Gasteiger charge is 2.17. The fourth-order valence-corrected chi connectivity index (χ4v) is 3.05. The lowest BCUT2D eigenvalue weighted by Gasteiger charge is -2.08. The topological polar surface area (TPSA) is 84.7 Å². The monoisotopic (exact) mass is 342 g/mol. The van der Waals surface area contributed by atoms with Gasteiger partial charge >= 0.3 is 0 Å². The van der Waals surface area contributed by atoms with Crippen molar-refractivity contribution in [3.63, 3.8) is 0 Å². The van der Waals surface area contributed by atoms with Crippen molar-refractivity contribution in [1.29, 1.82) is 0 Å². The van der Waals surface area contributed by atoms with Crippen LogP contribution in [0.15, 0.2) is 30.9 Å². The molecule has 0 aliphatic carbocycles. The first-order valence-corrected chi connectivity index (χ1v) is 8.25. The van der Waals surface area contributed by atoms with Crippen LogP contribution in [0.3, 0.4) is 0 Å². The summed E-state index contributed by atoms with van der Waals surface area (Å²) in [5.41, 5.74) is 2.97. The first-order chi connectivity index (χ1) is 11.5. The number of carbonyl (C=O) groups is 1. The van der Waals surface area contributed by atoms with Crippen LogP contribution in [-0.4, -0.2) is 25.4 Å². The second-order valence-corrected chi connectivity index (χ2v) is 6.60. The van der Waals surface area contributed by atoms with Crippen LogP contribution in [0.2, 0.25) is 0 Å². The normalized spacial score (nSPS) is 10.6. The summed E-state index contributed by atoms with van der Waals surface area (Å²) in [4.78, 5) is 25.1. The Morgan fingerprint density at radius 1 is 1.38 bits per heavy atom. The van der Waals surface area contributed by atoms with Gasteiger partial charge in [0.1, 0.15) is 5.00 Å². The van der Waals surface area contributed by atoms with Gasteiger partial charge in [0.15, 0.2) is 5.69 Å². The van der Waals surface area contributed by atoms with Gasteiger partial charge in [-0.05, 0) is 26.0 Å². The van der Waals surface area contributed by atoms with Crippen LogP contribution in [-0.2, 0) is 13.6 Å². The largest absolute Gasteiger partial charge is 0.369 e. The zero-order valence-electron chi connectivity index (χ0n) is 13.7. The van der Waals surface area contributed by atoms with Crippen LogP contribution in [0.1, 0.15) is 26.9 Å². The average Bonchev–Trinajstić information content (AvgIpc) is 3.11. The Labute approximate surface area is 143 Å². The van der Waals surface area contributed by atoms with Gasteiger partial charge in [-0.15, -0.1) is 11.3 Å². The molecular formula is C16H18N6OS. The van der Waals surface area contributed by atoms with Crippen molar-refractivity contribution in [3.8, 4) is 0 Å². The molecule has 0 bridgehead atoms. The lowest BCUT2D eigenvalue weighted by Crippen LogP contribution is -2.15. The lowest BCUT2D eigenvalue weighted by molar-refractivity contribution is 0.102. The van der Waals surface area contributed by atoms with Crippen molar-refractivity contribution in [2.45, 2.75) is 20.4 Å². The van der Waals surface area contributed by atoms with Gasteiger partial charge < -0.3 is 15.2 Å². The van der Waals surface area contributed by atoms with E-state index in [1.807, 2.05) is 31.5 Å². The van der Waals surface area contributed by atoms with E-state index in [4.69, 9.17) is 0 Å². The SMILES string of the molecule is Cc1cc(NC(=O)c2nc(C)sc2NCc2cncn2C)ccn1. The summed E-state index contributed by atoms with van der Waals surface area (Å²) in [6.45, 7) is 4.34. The highest BCUT2D eigenvalue weighted by atomic mass is 32.1. The zero-order chi connectivity index (χ0) is 17.1. The van der Waals surface area contributed by atoms with Crippen molar-refractivity contribution in [1.82, 2.24) is 19.5 Å². The van der Waals surface area contributed by atoms with Gasteiger partial charge in [-0.3, -0.25) is 9.78 Å². The van der Waals surface area contributed by atoms with Crippen molar-refractivity contribution in [3.05, 3.63) is 52.9 Å². The number of hydrogen-bond acceptors (Lipinski definition) is 6. The number of rotatable bonds is 5. The van der Waals surface area contributed by atoms with Crippen LogP contribution in [0.5, 0.6) is 0 Å². The molecule has 0 saturated carbocycles. The van der Waals surface area contributed by atoms with E-state index in [1.54, 1.807) is 24.8 Å². The van der Waals surface area contributed by atoms with Crippen molar-refractivity contribution in [2.24, 2.45) is 7.05 Å². The molecule has 0 saturated heterocycles. The summed E-state index contributed by atoms with van der Waals surface area (Å²) in [6, 6.07) is 3.58. The molecule has 2 N–H and O–H groups in total. The van der Waals surface area contributed by atoms with Crippen molar-refractivity contribution < 1.29 is 4.79 Å². The predicted octanol–water partition coefficient (Wildman–Crippen LogP) is 2.75. The third kappa shape index (κ3) is 3.60. The molecule has 24 heavy (non-hydrogen) atoms. The Hall–Kier alpha value is -2.74. The Balaban J connectivity index is 1.75. The van der Waals surface area contributed by atoms with Gasteiger partial charge in [0.2, 0.25) is 0 Å². The fraction of sp³-hybridized carbons (Fsp3) is 0.250. The number of amides is 1. The van der Waals surface area contributed by atoms with Crippen LogP contribution >= 0.6 is 11.3 Å². The molecular weight excluding hydrogens is 324 g/mol. The van der Waals surface area contributed by atoms with Gasteiger partial charge in [0.05, 0.1) is 23.6 Å². The van der Waals surface area contributed by atoms with E-state index in [0.29, 0.717) is 17.9 Å². The Morgan fingerprint density at radius 3 is 2.92 bits per heavy atom. The number of hydrogen-bond donors (Lipinski definition) is 2. The van der Waals surface area contributed by atoms with Crippen LogP contribution < -0.4 is 10.6 Å². The summed E-state index contributed by atoms with van der Waals surface area (Å²) in [5.74, 6) is -0.238. The number of nitrogens with one attached hydrogen (secondary N) is 2. The minimum atomic E-state index is -0.238. The molecule has 0 atom stereocenters.